The molecule has 0 saturated carbocycles. The van der Waals surface area contributed by atoms with Gasteiger partial charge in [0.1, 0.15) is 5.69 Å². The predicted molar refractivity (Wildman–Crippen MR) is 52.6 cm³/mol. The topological polar surface area (TPSA) is 67.3 Å². The van der Waals surface area contributed by atoms with E-state index >= 15 is 0 Å². The summed E-state index contributed by atoms with van der Waals surface area (Å²) in [5.74, 6) is -0.712. The first-order valence-corrected chi connectivity index (χ1v) is 4.31. The van der Waals surface area contributed by atoms with Gasteiger partial charge in [-0.1, -0.05) is 13.8 Å². The van der Waals surface area contributed by atoms with Gasteiger partial charge in [-0.25, -0.2) is 4.98 Å². The summed E-state index contributed by atoms with van der Waals surface area (Å²) in [7, 11) is 0. The monoisotopic (exact) mass is 195 g/mol. The van der Waals surface area contributed by atoms with Crippen LogP contribution in [0.2, 0.25) is 0 Å². The molecule has 0 aliphatic heterocycles. The van der Waals surface area contributed by atoms with Gasteiger partial charge in [0.25, 0.3) is 0 Å². The maximum Gasteiger partial charge on any atom is 0.181 e. The Hall–Kier alpha value is -1.71. The van der Waals surface area contributed by atoms with E-state index < -0.39 is 0 Å². The van der Waals surface area contributed by atoms with E-state index in [0.717, 1.165) is 0 Å². The van der Waals surface area contributed by atoms with E-state index in [-0.39, 0.29) is 22.8 Å². The number of hydrogen-bond donors (Lipinski definition) is 1. The van der Waals surface area contributed by atoms with Crippen LogP contribution in [0.4, 0.5) is 0 Å². The number of hydrogen-bond acceptors (Lipinski definition) is 4. The van der Waals surface area contributed by atoms with E-state index in [1.807, 2.05) is 13.8 Å². The van der Waals surface area contributed by atoms with Gasteiger partial charge in [-0.05, 0) is 6.07 Å². The Bertz CT molecular complexity index is 334. The number of aldehydes is 1. The summed E-state index contributed by atoms with van der Waals surface area (Å²) in [4.78, 5) is 24.7. The molecule has 1 aromatic heterocycles. The predicted octanol–water partition coefficient (Wildman–Crippen LogP) is 1.83. The first kappa shape index (κ1) is 12.3. The van der Waals surface area contributed by atoms with Crippen molar-refractivity contribution < 1.29 is 14.7 Å². The summed E-state index contributed by atoms with van der Waals surface area (Å²) < 4.78 is 0. The van der Waals surface area contributed by atoms with Crippen molar-refractivity contribution in [2.75, 3.05) is 0 Å². The summed E-state index contributed by atoms with van der Waals surface area (Å²) in [5.41, 5.74) is 0.00907. The van der Waals surface area contributed by atoms with Crippen LogP contribution in [0.15, 0.2) is 12.3 Å². The van der Waals surface area contributed by atoms with Crippen molar-refractivity contribution in [2.45, 2.75) is 20.8 Å². The zero-order valence-corrected chi connectivity index (χ0v) is 8.44. The second-order valence-corrected chi connectivity index (χ2v) is 2.27. The second-order valence-electron chi connectivity index (χ2n) is 2.27. The lowest BCUT2D eigenvalue weighted by atomic mass is 10.2. The Kier molecular flexibility index (Phi) is 5.14. The molecule has 1 heterocycles. The van der Waals surface area contributed by atoms with Crippen molar-refractivity contribution in [3.63, 3.8) is 0 Å². The maximum atomic E-state index is 10.8. The fourth-order valence-corrected chi connectivity index (χ4v) is 0.822. The summed E-state index contributed by atoms with van der Waals surface area (Å²) in [6.07, 6.45) is 1.78. The third-order valence-corrected chi connectivity index (χ3v) is 1.42. The number of Topliss-reactive ketones (excluding diaryl/α,β-unsaturated/α-hetero) is 1. The molecule has 1 aromatic rings. The van der Waals surface area contributed by atoms with Crippen LogP contribution in [0, 0.1) is 0 Å². The summed E-state index contributed by atoms with van der Waals surface area (Å²) in [6, 6.07) is 1.34. The number of nitrogens with zero attached hydrogens (tertiary/aromatic N) is 1. The smallest absolute Gasteiger partial charge is 0.181 e. The number of pyridine rings is 1. The highest BCUT2D eigenvalue weighted by Crippen LogP contribution is 2.18. The highest BCUT2D eigenvalue weighted by atomic mass is 16.3. The lowest BCUT2D eigenvalue weighted by Gasteiger charge is -1.99. The van der Waals surface area contributed by atoms with Gasteiger partial charge in [-0.15, -0.1) is 0 Å². The zero-order valence-electron chi connectivity index (χ0n) is 8.44. The van der Waals surface area contributed by atoms with Gasteiger partial charge in [0, 0.05) is 13.1 Å². The van der Waals surface area contributed by atoms with E-state index in [9.17, 15) is 14.7 Å². The van der Waals surface area contributed by atoms with E-state index in [1.54, 1.807) is 0 Å². The molecule has 1 rings (SSSR count). The largest absolute Gasteiger partial charge is 0.505 e. The quantitative estimate of drug-likeness (QED) is 0.577. The Labute approximate surface area is 82.6 Å². The summed E-state index contributed by atoms with van der Waals surface area (Å²) in [5, 5.41) is 9.24. The molecule has 1 N–H and O–H groups in total. The number of rotatable bonds is 2. The van der Waals surface area contributed by atoms with Crippen molar-refractivity contribution in [1.29, 1.82) is 0 Å². The first-order chi connectivity index (χ1) is 6.66. The van der Waals surface area contributed by atoms with Crippen molar-refractivity contribution in [3.05, 3.63) is 23.5 Å². The van der Waals surface area contributed by atoms with Crippen molar-refractivity contribution >= 4 is 12.1 Å². The highest BCUT2D eigenvalue weighted by molar-refractivity contribution is 5.97. The van der Waals surface area contributed by atoms with E-state index in [1.165, 1.54) is 19.2 Å². The van der Waals surface area contributed by atoms with Crippen LogP contribution in [0.1, 0.15) is 41.6 Å². The SMILES string of the molecule is CC.CC(=O)c1nccc(C=O)c1O. The van der Waals surface area contributed by atoms with Crippen LogP contribution in [-0.4, -0.2) is 22.2 Å². The van der Waals surface area contributed by atoms with Crippen molar-refractivity contribution in [3.8, 4) is 5.75 Å². The minimum absolute atomic E-state index is 0.0698. The normalized spacial score (nSPS) is 8.50. The van der Waals surface area contributed by atoms with Crippen LogP contribution >= 0.6 is 0 Å². The minimum Gasteiger partial charge on any atom is -0.505 e. The molecule has 14 heavy (non-hydrogen) atoms. The number of ketones is 1. The van der Waals surface area contributed by atoms with E-state index in [0.29, 0.717) is 6.29 Å². The average Bonchev–Trinajstić information content (AvgIpc) is 2.21. The lowest BCUT2D eigenvalue weighted by Crippen LogP contribution is -1.98. The molecule has 0 saturated heterocycles. The van der Waals surface area contributed by atoms with E-state index in [2.05, 4.69) is 4.98 Å². The van der Waals surface area contributed by atoms with Crippen LogP contribution in [-0.2, 0) is 0 Å². The molecule has 0 atom stereocenters. The van der Waals surface area contributed by atoms with Crippen molar-refractivity contribution in [2.24, 2.45) is 0 Å². The molecule has 76 valence electrons. The first-order valence-electron chi connectivity index (χ1n) is 4.31. The van der Waals surface area contributed by atoms with Gasteiger partial charge in [0.15, 0.2) is 17.8 Å². The third-order valence-electron chi connectivity index (χ3n) is 1.42. The molecule has 0 unspecified atom stereocenters. The molecule has 0 fully saturated rings. The number of carbonyl (C=O) groups is 2. The molecule has 4 nitrogen and oxygen atoms in total. The van der Waals surface area contributed by atoms with Crippen molar-refractivity contribution in [1.82, 2.24) is 4.98 Å². The number of aromatic hydroxyl groups is 1. The van der Waals surface area contributed by atoms with Gasteiger partial charge < -0.3 is 5.11 Å². The Morgan fingerprint density at radius 3 is 2.50 bits per heavy atom. The van der Waals surface area contributed by atoms with Gasteiger partial charge in [-0.2, -0.15) is 0 Å². The molecular formula is C10H13NO3. The van der Waals surface area contributed by atoms with Gasteiger partial charge in [-0.3, -0.25) is 9.59 Å². The number of aromatic nitrogens is 1. The van der Waals surface area contributed by atoms with Gasteiger partial charge >= 0.3 is 0 Å². The number of carbonyl (C=O) groups excluding carboxylic acids is 2. The lowest BCUT2D eigenvalue weighted by molar-refractivity contribution is 0.101. The molecule has 0 spiro atoms. The van der Waals surface area contributed by atoms with Crippen LogP contribution in [0.5, 0.6) is 5.75 Å². The molecule has 0 bridgehead atoms. The Balaban J connectivity index is 0.000000791. The minimum atomic E-state index is -0.365. The Morgan fingerprint density at radius 1 is 1.50 bits per heavy atom. The summed E-state index contributed by atoms with van der Waals surface area (Å²) >= 11 is 0. The zero-order chi connectivity index (χ0) is 11.1. The second kappa shape index (κ2) is 5.85. The molecule has 0 aromatic carbocycles. The van der Waals surface area contributed by atoms with Gasteiger partial charge in [0.2, 0.25) is 0 Å². The summed E-state index contributed by atoms with van der Waals surface area (Å²) in [6.45, 7) is 5.27. The maximum absolute atomic E-state index is 10.8. The van der Waals surface area contributed by atoms with E-state index in [4.69, 9.17) is 0 Å². The average molecular weight is 195 g/mol. The standard InChI is InChI=1S/C8H7NO3.C2H6/c1-5(11)7-8(12)6(4-10)2-3-9-7;1-2/h2-4,12H,1H3;1-2H3. The molecular weight excluding hydrogens is 182 g/mol. The van der Waals surface area contributed by atoms with Gasteiger partial charge in [0.05, 0.1) is 5.56 Å². The van der Waals surface area contributed by atoms with Crippen LogP contribution in [0.3, 0.4) is 0 Å². The highest BCUT2D eigenvalue weighted by Gasteiger charge is 2.10. The third kappa shape index (κ3) is 2.65. The molecule has 4 heteroatoms. The Morgan fingerprint density at radius 2 is 2.07 bits per heavy atom. The fourth-order valence-electron chi connectivity index (χ4n) is 0.822. The molecule has 0 radical (unpaired) electrons. The molecule has 0 aliphatic rings. The molecule has 0 aliphatic carbocycles. The van der Waals surface area contributed by atoms with Crippen LogP contribution < -0.4 is 0 Å². The van der Waals surface area contributed by atoms with Crippen LogP contribution in [0.25, 0.3) is 0 Å². The molecule has 0 amide bonds. The fraction of sp³-hybridized carbons (Fsp3) is 0.300.